The Bertz CT molecular complexity index is 703. The summed E-state index contributed by atoms with van der Waals surface area (Å²) in [5.41, 5.74) is 0.992. The van der Waals surface area contributed by atoms with E-state index in [0.29, 0.717) is 6.54 Å². The fourth-order valence-electron chi connectivity index (χ4n) is 1.77. The molecular weight excluding hydrogens is 302 g/mol. The minimum atomic E-state index is -3.62. The Balaban J connectivity index is 1.75. The van der Waals surface area contributed by atoms with Crippen LogP contribution in [0.2, 0.25) is 0 Å². The Hall–Kier alpha value is -2.25. The van der Waals surface area contributed by atoms with Gasteiger partial charge in [-0.1, -0.05) is 30.3 Å². The maximum Gasteiger partial charge on any atom is 0.242 e. The van der Waals surface area contributed by atoms with Crippen LogP contribution in [0.25, 0.3) is 0 Å². The number of nitrogens with zero attached hydrogens (tertiary/aromatic N) is 1. The predicted molar refractivity (Wildman–Crippen MR) is 82.3 cm³/mol. The fourth-order valence-corrected chi connectivity index (χ4v) is 2.77. The van der Waals surface area contributed by atoms with Crippen molar-refractivity contribution in [2.24, 2.45) is 0 Å². The molecule has 0 aliphatic heterocycles. The fraction of sp³-hybridized carbons (Fsp3) is 0.200. The van der Waals surface area contributed by atoms with Gasteiger partial charge in [-0.2, -0.15) is 0 Å². The maximum atomic E-state index is 11.9. The molecule has 116 valence electrons. The van der Waals surface area contributed by atoms with Crippen LogP contribution in [-0.4, -0.2) is 25.9 Å². The van der Waals surface area contributed by atoms with E-state index < -0.39 is 10.0 Å². The van der Waals surface area contributed by atoms with Gasteiger partial charge >= 0.3 is 0 Å². The zero-order valence-corrected chi connectivity index (χ0v) is 12.7. The molecular formula is C15H17N3O3S. The summed E-state index contributed by atoms with van der Waals surface area (Å²) < 4.78 is 26.2. The van der Waals surface area contributed by atoms with Crippen LogP contribution >= 0.6 is 0 Å². The quantitative estimate of drug-likeness (QED) is 0.799. The van der Waals surface area contributed by atoms with Gasteiger partial charge in [0.1, 0.15) is 4.90 Å². The molecule has 0 atom stereocenters. The molecule has 0 aliphatic carbocycles. The maximum absolute atomic E-state index is 11.9. The summed E-state index contributed by atoms with van der Waals surface area (Å²) >= 11 is 0. The first-order valence-electron chi connectivity index (χ1n) is 6.78. The van der Waals surface area contributed by atoms with E-state index >= 15 is 0 Å². The van der Waals surface area contributed by atoms with E-state index in [1.165, 1.54) is 18.5 Å². The molecule has 6 nitrogen and oxygen atoms in total. The number of carbonyl (C=O) groups is 1. The zero-order chi connectivity index (χ0) is 15.8. The summed E-state index contributed by atoms with van der Waals surface area (Å²) in [6.07, 6.45) is 2.83. The van der Waals surface area contributed by atoms with Gasteiger partial charge in [0.25, 0.3) is 0 Å². The van der Waals surface area contributed by atoms with E-state index in [0.717, 1.165) is 5.56 Å². The van der Waals surface area contributed by atoms with E-state index in [4.69, 9.17) is 0 Å². The van der Waals surface area contributed by atoms with Crippen molar-refractivity contribution in [2.75, 3.05) is 6.54 Å². The van der Waals surface area contributed by atoms with Crippen LogP contribution in [0.5, 0.6) is 0 Å². The highest BCUT2D eigenvalue weighted by Gasteiger charge is 2.13. The second-order valence-electron chi connectivity index (χ2n) is 4.60. The number of pyridine rings is 1. The molecule has 0 radical (unpaired) electrons. The molecule has 2 rings (SSSR count). The number of amides is 1. The van der Waals surface area contributed by atoms with Crippen LogP contribution < -0.4 is 10.0 Å². The SMILES string of the molecule is O=C(CCNS(=O)(=O)c1cccnc1)NCc1ccccc1. The largest absolute Gasteiger partial charge is 0.352 e. The number of hydrogen-bond acceptors (Lipinski definition) is 4. The van der Waals surface area contributed by atoms with Crippen LogP contribution in [0, 0.1) is 0 Å². The molecule has 2 N–H and O–H groups in total. The highest BCUT2D eigenvalue weighted by molar-refractivity contribution is 7.89. The van der Waals surface area contributed by atoms with Gasteiger partial charge in [-0.3, -0.25) is 9.78 Å². The number of rotatable bonds is 7. The predicted octanol–water partition coefficient (Wildman–Crippen LogP) is 1.07. The summed E-state index contributed by atoms with van der Waals surface area (Å²) in [7, 11) is -3.62. The Morgan fingerprint density at radius 3 is 2.55 bits per heavy atom. The molecule has 0 saturated heterocycles. The summed E-state index contributed by atoms with van der Waals surface area (Å²) in [6, 6.07) is 12.5. The topological polar surface area (TPSA) is 88.2 Å². The summed E-state index contributed by atoms with van der Waals surface area (Å²) in [5, 5.41) is 2.74. The first-order chi connectivity index (χ1) is 10.6. The standard InChI is InChI=1S/C15H17N3O3S/c19-15(17-11-13-5-2-1-3-6-13)8-10-18-22(20,21)14-7-4-9-16-12-14/h1-7,9,12,18H,8,10-11H2,(H,17,19). The van der Waals surface area contributed by atoms with Gasteiger partial charge in [-0.05, 0) is 17.7 Å². The number of hydrogen-bond donors (Lipinski definition) is 2. The molecule has 2 aromatic rings. The monoisotopic (exact) mass is 319 g/mol. The van der Waals surface area contributed by atoms with E-state index in [2.05, 4.69) is 15.0 Å². The molecule has 7 heteroatoms. The zero-order valence-electron chi connectivity index (χ0n) is 11.9. The van der Waals surface area contributed by atoms with Crippen molar-refractivity contribution in [1.29, 1.82) is 0 Å². The summed E-state index contributed by atoms with van der Waals surface area (Å²) in [4.78, 5) is 15.5. The van der Waals surface area contributed by atoms with E-state index in [-0.39, 0.29) is 23.8 Å². The van der Waals surface area contributed by atoms with E-state index in [1.807, 2.05) is 30.3 Å². The summed E-state index contributed by atoms with van der Waals surface area (Å²) in [6.45, 7) is 0.465. The van der Waals surface area contributed by atoms with Crippen molar-refractivity contribution in [3.63, 3.8) is 0 Å². The van der Waals surface area contributed by atoms with Gasteiger partial charge < -0.3 is 5.32 Å². The van der Waals surface area contributed by atoms with Crippen LogP contribution in [0.4, 0.5) is 0 Å². The molecule has 0 unspecified atom stereocenters. The molecule has 1 heterocycles. The van der Waals surface area contributed by atoms with Gasteiger partial charge in [0.15, 0.2) is 0 Å². The Morgan fingerprint density at radius 1 is 1.09 bits per heavy atom. The van der Waals surface area contributed by atoms with Crippen LogP contribution in [0.15, 0.2) is 59.8 Å². The number of aromatic nitrogens is 1. The van der Waals surface area contributed by atoms with Crippen molar-refractivity contribution in [2.45, 2.75) is 17.9 Å². The number of nitrogens with one attached hydrogen (secondary N) is 2. The van der Waals surface area contributed by atoms with Gasteiger partial charge in [-0.15, -0.1) is 0 Å². The van der Waals surface area contributed by atoms with E-state index in [1.54, 1.807) is 6.07 Å². The van der Waals surface area contributed by atoms with Crippen LogP contribution in [-0.2, 0) is 21.4 Å². The van der Waals surface area contributed by atoms with Crippen LogP contribution in [0.3, 0.4) is 0 Å². The van der Waals surface area contributed by atoms with Crippen molar-refractivity contribution < 1.29 is 13.2 Å². The molecule has 1 amide bonds. The summed E-state index contributed by atoms with van der Waals surface area (Å²) in [5.74, 6) is -0.210. The third-order valence-electron chi connectivity index (χ3n) is 2.92. The first kappa shape index (κ1) is 16.1. The Morgan fingerprint density at radius 2 is 1.86 bits per heavy atom. The lowest BCUT2D eigenvalue weighted by Gasteiger charge is -2.07. The van der Waals surface area contributed by atoms with Crippen molar-refractivity contribution >= 4 is 15.9 Å². The minimum Gasteiger partial charge on any atom is -0.352 e. The second kappa shape index (κ2) is 7.67. The molecule has 0 aliphatic rings. The van der Waals surface area contributed by atoms with E-state index in [9.17, 15) is 13.2 Å². The Kier molecular flexibility index (Phi) is 5.62. The molecule has 0 bridgehead atoms. The molecule has 0 saturated carbocycles. The highest BCUT2D eigenvalue weighted by atomic mass is 32.2. The molecule has 1 aromatic carbocycles. The van der Waals surface area contributed by atoms with Gasteiger partial charge in [0.2, 0.25) is 15.9 Å². The third-order valence-corrected chi connectivity index (χ3v) is 4.37. The van der Waals surface area contributed by atoms with Crippen molar-refractivity contribution in [3.05, 3.63) is 60.4 Å². The Labute approximate surface area is 129 Å². The van der Waals surface area contributed by atoms with Crippen LogP contribution in [0.1, 0.15) is 12.0 Å². The molecule has 22 heavy (non-hydrogen) atoms. The smallest absolute Gasteiger partial charge is 0.242 e. The van der Waals surface area contributed by atoms with Gasteiger partial charge in [0, 0.05) is 31.9 Å². The molecule has 1 aromatic heterocycles. The lowest BCUT2D eigenvalue weighted by molar-refractivity contribution is -0.121. The normalized spacial score (nSPS) is 11.1. The van der Waals surface area contributed by atoms with Crippen molar-refractivity contribution in [1.82, 2.24) is 15.0 Å². The van der Waals surface area contributed by atoms with Crippen molar-refractivity contribution in [3.8, 4) is 0 Å². The number of carbonyl (C=O) groups excluding carboxylic acids is 1. The average molecular weight is 319 g/mol. The third kappa shape index (κ3) is 4.94. The average Bonchev–Trinajstić information content (AvgIpc) is 2.54. The van der Waals surface area contributed by atoms with Gasteiger partial charge in [-0.25, -0.2) is 13.1 Å². The number of benzene rings is 1. The lowest BCUT2D eigenvalue weighted by Crippen LogP contribution is -2.30. The molecule has 0 spiro atoms. The molecule has 0 fully saturated rings. The highest BCUT2D eigenvalue weighted by Crippen LogP contribution is 2.05. The lowest BCUT2D eigenvalue weighted by atomic mass is 10.2. The number of sulfonamides is 1. The van der Waals surface area contributed by atoms with Gasteiger partial charge in [0.05, 0.1) is 0 Å². The first-order valence-corrected chi connectivity index (χ1v) is 8.26. The minimum absolute atomic E-state index is 0.0395. The second-order valence-corrected chi connectivity index (χ2v) is 6.37.